The van der Waals surface area contributed by atoms with Crippen LogP contribution in [-0.2, 0) is 16.4 Å². The van der Waals surface area contributed by atoms with Gasteiger partial charge in [0.2, 0.25) is 5.89 Å². The lowest BCUT2D eigenvalue weighted by Gasteiger charge is -2.68. The second-order valence-electron chi connectivity index (χ2n) is 8.50. The minimum absolute atomic E-state index is 0.0371. The number of benzene rings is 2. The molecule has 1 aromatic heterocycles. The van der Waals surface area contributed by atoms with E-state index >= 15 is 0 Å². The van der Waals surface area contributed by atoms with Gasteiger partial charge in [0.05, 0.1) is 16.0 Å². The molecule has 178 valence electrons. The Balaban J connectivity index is 1.12. The summed E-state index contributed by atoms with van der Waals surface area (Å²) in [6, 6.07) is 8.03. The number of nitrogens with zero attached hydrogens (tertiary/aromatic N) is 2. The molecule has 7 nitrogen and oxygen atoms in total. The third-order valence-electron chi connectivity index (χ3n) is 5.94. The van der Waals surface area contributed by atoms with Crippen molar-refractivity contribution in [3.05, 3.63) is 64.8 Å². The quantitative estimate of drug-likeness (QED) is 0.460. The van der Waals surface area contributed by atoms with Gasteiger partial charge in [-0.1, -0.05) is 16.7 Å². The van der Waals surface area contributed by atoms with E-state index < -0.39 is 23.1 Å². The Morgan fingerprint density at radius 2 is 1.76 bits per heavy atom. The lowest BCUT2D eigenvalue weighted by molar-refractivity contribution is -0.143. The van der Waals surface area contributed by atoms with Crippen LogP contribution in [0.1, 0.15) is 30.7 Å². The van der Waals surface area contributed by atoms with E-state index in [2.05, 4.69) is 15.5 Å². The number of amides is 1. The molecular weight excluding hydrogens is 482 g/mol. The highest BCUT2D eigenvalue weighted by Gasteiger charge is 2.71. The lowest BCUT2D eigenvalue weighted by atomic mass is 9.39. The molecular formula is C22H16ClF4N3O4. The van der Waals surface area contributed by atoms with E-state index in [9.17, 15) is 22.4 Å². The van der Waals surface area contributed by atoms with Crippen LogP contribution in [0.15, 0.2) is 46.9 Å². The first-order valence-electron chi connectivity index (χ1n) is 10.1. The molecule has 2 aromatic carbocycles. The number of nitrogens with one attached hydrogen (secondary N) is 1. The fourth-order valence-electron chi connectivity index (χ4n) is 4.47. The normalized spacial score (nSPS) is 23.0. The highest BCUT2D eigenvalue weighted by atomic mass is 35.5. The fraction of sp³-hybridized carbons (Fsp3) is 0.318. The number of aromatic nitrogens is 2. The van der Waals surface area contributed by atoms with Crippen molar-refractivity contribution in [2.45, 2.75) is 36.4 Å². The van der Waals surface area contributed by atoms with Crippen molar-refractivity contribution >= 4 is 17.5 Å². The lowest BCUT2D eigenvalue weighted by Crippen LogP contribution is -2.77. The zero-order valence-electron chi connectivity index (χ0n) is 17.3. The van der Waals surface area contributed by atoms with Crippen LogP contribution in [0.25, 0.3) is 0 Å². The number of carbonyl (C=O) groups is 1. The molecule has 3 aromatic rings. The summed E-state index contributed by atoms with van der Waals surface area (Å²) in [5.41, 5.74) is -1.56. The number of ether oxygens (including phenoxy) is 2. The fourth-order valence-corrected chi connectivity index (χ4v) is 4.59. The number of halogens is 5. The summed E-state index contributed by atoms with van der Waals surface area (Å²) >= 11 is 5.62. The van der Waals surface area contributed by atoms with Crippen LogP contribution in [0.3, 0.4) is 0 Å². The molecule has 0 unspecified atom stereocenters. The SMILES string of the molecule is O=C(COc1ccc(Cl)c(F)c1)NC12CC(c3nnc(Oc4ccc(C(F)(F)F)cc4)o3)(C1)C2. The molecule has 2 bridgehead atoms. The number of hydrogen-bond acceptors (Lipinski definition) is 6. The van der Waals surface area contributed by atoms with E-state index in [-0.39, 0.29) is 40.5 Å². The van der Waals surface area contributed by atoms with Crippen molar-refractivity contribution in [3.8, 4) is 17.6 Å². The molecule has 1 N–H and O–H groups in total. The Hall–Kier alpha value is -3.34. The Kier molecular flexibility index (Phi) is 5.19. The molecule has 1 heterocycles. The van der Waals surface area contributed by atoms with Gasteiger partial charge in [-0.05, 0) is 55.7 Å². The van der Waals surface area contributed by atoms with Gasteiger partial charge in [-0.25, -0.2) is 4.39 Å². The van der Waals surface area contributed by atoms with Crippen molar-refractivity contribution in [2.75, 3.05) is 6.61 Å². The minimum atomic E-state index is -4.44. The zero-order chi connectivity index (χ0) is 24.1. The summed E-state index contributed by atoms with van der Waals surface area (Å²) in [6.45, 7) is -0.276. The summed E-state index contributed by atoms with van der Waals surface area (Å²) < 4.78 is 67.6. The highest BCUT2D eigenvalue weighted by Crippen LogP contribution is 2.67. The van der Waals surface area contributed by atoms with E-state index in [1.54, 1.807) is 0 Å². The summed E-state index contributed by atoms with van der Waals surface area (Å²) in [5, 5.41) is 10.7. The van der Waals surface area contributed by atoms with Crippen LogP contribution >= 0.6 is 11.6 Å². The standard InChI is InChI=1S/C22H16ClF4N3O4/c23-15-6-5-14(7-16(15)24)32-8-17(31)28-21-9-20(10-21,11-21)18-29-30-19(34-18)33-13-3-1-12(2-4-13)22(25,26)27/h1-7H,8-11H2,(H,28,31). The topological polar surface area (TPSA) is 86.5 Å². The van der Waals surface area contributed by atoms with Gasteiger partial charge in [0, 0.05) is 11.6 Å². The van der Waals surface area contributed by atoms with Gasteiger partial charge >= 0.3 is 12.3 Å². The maximum atomic E-state index is 13.4. The van der Waals surface area contributed by atoms with E-state index in [4.69, 9.17) is 25.5 Å². The van der Waals surface area contributed by atoms with Gasteiger partial charge in [0.15, 0.2) is 6.61 Å². The second-order valence-corrected chi connectivity index (χ2v) is 8.91. The first-order chi connectivity index (χ1) is 16.1. The zero-order valence-corrected chi connectivity index (χ0v) is 18.0. The Bertz CT molecular complexity index is 1230. The summed E-state index contributed by atoms with van der Waals surface area (Å²) in [4.78, 5) is 12.2. The van der Waals surface area contributed by atoms with Crippen LogP contribution in [0.5, 0.6) is 17.6 Å². The summed E-state index contributed by atoms with van der Waals surface area (Å²) in [7, 11) is 0. The Labute approximate surface area is 195 Å². The van der Waals surface area contributed by atoms with E-state index in [1.165, 1.54) is 24.3 Å². The van der Waals surface area contributed by atoms with Gasteiger partial charge in [0.1, 0.15) is 17.3 Å². The maximum Gasteiger partial charge on any atom is 0.420 e. The Morgan fingerprint density at radius 1 is 1.09 bits per heavy atom. The second kappa shape index (κ2) is 7.86. The molecule has 0 aliphatic heterocycles. The van der Waals surface area contributed by atoms with Gasteiger partial charge in [0.25, 0.3) is 5.91 Å². The number of hydrogen-bond donors (Lipinski definition) is 1. The first-order valence-corrected chi connectivity index (χ1v) is 10.5. The first kappa shape index (κ1) is 22.5. The largest absolute Gasteiger partial charge is 0.484 e. The average Bonchev–Trinajstić information content (AvgIpc) is 3.18. The van der Waals surface area contributed by atoms with Gasteiger partial charge in [-0.2, -0.15) is 13.2 Å². The van der Waals surface area contributed by atoms with Crippen LogP contribution in [0.4, 0.5) is 17.6 Å². The maximum absolute atomic E-state index is 13.4. The predicted octanol–water partition coefficient (Wildman–Crippen LogP) is 5.04. The molecule has 12 heteroatoms. The van der Waals surface area contributed by atoms with Gasteiger partial charge < -0.3 is 19.2 Å². The molecule has 34 heavy (non-hydrogen) atoms. The molecule has 0 spiro atoms. The van der Waals surface area contributed by atoms with E-state index in [0.29, 0.717) is 25.2 Å². The monoisotopic (exact) mass is 497 g/mol. The van der Waals surface area contributed by atoms with Crippen molar-refractivity contribution in [2.24, 2.45) is 0 Å². The third kappa shape index (κ3) is 4.15. The van der Waals surface area contributed by atoms with Gasteiger partial charge in [-0.15, -0.1) is 5.10 Å². The van der Waals surface area contributed by atoms with Crippen molar-refractivity contribution in [1.29, 1.82) is 0 Å². The predicted molar refractivity (Wildman–Crippen MR) is 109 cm³/mol. The molecule has 1 amide bonds. The van der Waals surface area contributed by atoms with Crippen molar-refractivity contribution in [1.82, 2.24) is 15.5 Å². The Morgan fingerprint density at radius 3 is 2.41 bits per heavy atom. The molecule has 0 radical (unpaired) electrons. The van der Waals surface area contributed by atoms with E-state index in [1.807, 2.05) is 0 Å². The molecule has 3 saturated carbocycles. The third-order valence-corrected chi connectivity index (χ3v) is 6.25. The summed E-state index contributed by atoms with van der Waals surface area (Å²) in [6.07, 6.45) is -2.86. The molecule has 6 rings (SSSR count). The van der Waals surface area contributed by atoms with Crippen LogP contribution in [0.2, 0.25) is 5.02 Å². The average molecular weight is 498 g/mol. The number of rotatable bonds is 7. The smallest absolute Gasteiger partial charge is 0.420 e. The number of carbonyl (C=O) groups excluding carboxylic acids is 1. The molecule has 3 fully saturated rings. The number of alkyl halides is 3. The molecule has 3 aliphatic carbocycles. The van der Waals surface area contributed by atoms with Crippen LogP contribution in [0, 0.1) is 5.82 Å². The summed E-state index contributed by atoms with van der Waals surface area (Å²) in [5.74, 6) is -0.316. The van der Waals surface area contributed by atoms with Crippen LogP contribution < -0.4 is 14.8 Å². The van der Waals surface area contributed by atoms with Crippen molar-refractivity contribution in [3.63, 3.8) is 0 Å². The molecule has 0 saturated heterocycles. The van der Waals surface area contributed by atoms with Crippen molar-refractivity contribution < 1.29 is 36.2 Å². The molecule has 0 atom stereocenters. The van der Waals surface area contributed by atoms with E-state index in [0.717, 1.165) is 18.2 Å². The van der Waals surface area contributed by atoms with Crippen LogP contribution in [-0.4, -0.2) is 28.3 Å². The van der Waals surface area contributed by atoms with Gasteiger partial charge in [-0.3, -0.25) is 4.79 Å². The highest BCUT2D eigenvalue weighted by molar-refractivity contribution is 6.30. The minimum Gasteiger partial charge on any atom is -0.484 e. The molecule has 3 aliphatic rings.